The number of phenolic OH excluding ortho intramolecular Hbond substituents is 1. The molecule has 0 bridgehead atoms. The second-order valence-corrected chi connectivity index (χ2v) is 18.3. The third-order valence-electron chi connectivity index (χ3n) is 10.1. The predicted octanol–water partition coefficient (Wildman–Crippen LogP) is 9.51. The van der Waals surface area contributed by atoms with E-state index in [1.807, 2.05) is 37.3 Å². The van der Waals surface area contributed by atoms with Crippen LogP contribution in [0.1, 0.15) is 49.9 Å². The van der Waals surface area contributed by atoms with Gasteiger partial charge in [-0.2, -0.15) is 0 Å². The van der Waals surface area contributed by atoms with Crippen molar-refractivity contribution in [3.8, 4) is 32.6 Å². The van der Waals surface area contributed by atoms with Crippen molar-refractivity contribution in [2.45, 2.75) is 25.5 Å². The number of aromatic nitrogens is 2. The Kier molecular flexibility index (Phi) is 8.50. The number of thiazole rings is 2. The number of benzene rings is 5. The molecule has 2 aromatic heterocycles. The second kappa shape index (κ2) is 13.4. The number of hydrogen-bond acceptors (Lipinski definition) is 11. The number of ketones is 2. The number of nitrogen functional groups attached to an aromatic ring is 1. The third kappa shape index (κ3) is 6.20. The Balaban J connectivity index is 0.926. The minimum atomic E-state index is -4.07. The van der Waals surface area contributed by atoms with Gasteiger partial charge in [0.1, 0.15) is 26.3 Å². The number of nitrogens with two attached hydrogens (primary N) is 1. The van der Waals surface area contributed by atoms with Crippen LogP contribution < -0.4 is 15.2 Å². The first-order valence-corrected chi connectivity index (χ1v) is 20.9. The topological polar surface area (TPSA) is 162 Å². The number of nitrogens with zero attached hydrogens (tertiary/aromatic N) is 2. The van der Waals surface area contributed by atoms with Gasteiger partial charge in [0.2, 0.25) is 10.0 Å². The molecule has 9 rings (SSSR count). The van der Waals surface area contributed by atoms with E-state index in [0.717, 1.165) is 41.6 Å². The molecule has 2 heterocycles. The Labute approximate surface area is 335 Å². The zero-order valence-corrected chi connectivity index (χ0v) is 33.1. The molecule has 0 fully saturated rings. The molecule has 282 valence electrons. The molecule has 1 atom stereocenters. The van der Waals surface area contributed by atoms with E-state index in [4.69, 9.17) is 20.4 Å². The summed E-state index contributed by atoms with van der Waals surface area (Å²) in [4.78, 5) is 36.3. The lowest BCUT2D eigenvalue weighted by Gasteiger charge is -2.24. The molecule has 13 heteroatoms. The van der Waals surface area contributed by atoms with Crippen LogP contribution >= 0.6 is 22.7 Å². The smallest absolute Gasteiger partial charge is 0.245 e. The molecule has 57 heavy (non-hydrogen) atoms. The SMILES string of the molecule is Cc1ccc2nc(-c3ccc4nc(-c5ccc(NS(=O)(=O)C6(C)C=CC=C(Oc7cc(O)c8c(c7N)C(=O)c7ccccc7C8=O)C=C6)c(C)c5)sc4c3)sc2c1. The lowest BCUT2D eigenvalue weighted by Crippen LogP contribution is -2.36. The van der Waals surface area contributed by atoms with E-state index in [2.05, 4.69) is 29.8 Å². The molecule has 7 aromatic rings. The fourth-order valence-electron chi connectivity index (χ4n) is 6.93. The van der Waals surface area contributed by atoms with E-state index < -0.39 is 32.1 Å². The number of carbonyl (C=O) groups excluding carboxylic acids is 2. The molecular weight excluding hydrogens is 777 g/mol. The van der Waals surface area contributed by atoms with Gasteiger partial charge in [0.25, 0.3) is 0 Å². The molecule has 10 nitrogen and oxygen atoms in total. The van der Waals surface area contributed by atoms with Crippen molar-refractivity contribution in [2.24, 2.45) is 0 Å². The first-order chi connectivity index (χ1) is 27.3. The molecule has 0 saturated carbocycles. The molecular formula is C44H32N4O6S3. The van der Waals surface area contributed by atoms with Crippen LogP contribution in [-0.4, -0.2) is 39.8 Å². The van der Waals surface area contributed by atoms with Crippen molar-refractivity contribution in [1.29, 1.82) is 0 Å². The van der Waals surface area contributed by atoms with Crippen molar-refractivity contribution in [3.63, 3.8) is 0 Å². The molecule has 0 aliphatic heterocycles. The van der Waals surface area contributed by atoms with Crippen molar-refractivity contribution >= 4 is 76.1 Å². The number of anilines is 2. The predicted molar refractivity (Wildman–Crippen MR) is 227 cm³/mol. The number of nitrogens with one attached hydrogen (secondary N) is 1. The minimum Gasteiger partial charge on any atom is -0.507 e. The number of sulfonamides is 1. The highest BCUT2D eigenvalue weighted by Crippen LogP contribution is 2.42. The van der Waals surface area contributed by atoms with Gasteiger partial charge in [0, 0.05) is 28.3 Å². The number of rotatable bonds is 7. The van der Waals surface area contributed by atoms with E-state index in [-0.39, 0.29) is 39.4 Å². The molecule has 0 spiro atoms. The van der Waals surface area contributed by atoms with Gasteiger partial charge in [-0.05, 0) is 92.6 Å². The first kappa shape index (κ1) is 36.2. The van der Waals surface area contributed by atoms with Crippen LogP contribution in [0.25, 0.3) is 41.6 Å². The number of phenols is 1. The quantitative estimate of drug-likeness (QED) is 0.105. The lowest BCUT2D eigenvalue weighted by atomic mass is 9.82. The van der Waals surface area contributed by atoms with Crippen molar-refractivity contribution in [3.05, 3.63) is 154 Å². The summed E-state index contributed by atoms with van der Waals surface area (Å²) in [6.45, 7) is 5.46. The summed E-state index contributed by atoms with van der Waals surface area (Å²) >= 11 is 3.23. The van der Waals surface area contributed by atoms with Crippen LogP contribution in [0.3, 0.4) is 0 Å². The van der Waals surface area contributed by atoms with Crippen LogP contribution in [0.5, 0.6) is 11.5 Å². The van der Waals surface area contributed by atoms with Gasteiger partial charge < -0.3 is 15.6 Å². The number of fused-ring (bicyclic) bond motifs is 4. The zero-order valence-electron chi connectivity index (χ0n) is 30.7. The van der Waals surface area contributed by atoms with Crippen LogP contribution in [0.4, 0.5) is 11.4 Å². The van der Waals surface area contributed by atoms with E-state index in [9.17, 15) is 23.1 Å². The van der Waals surface area contributed by atoms with Gasteiger partial charge in [-0.15, -0.1) is 22.7 Å². The number of aryl methyl sites for hydroxylation is 2. The van der Waals surface area contributed by atoms with E-state index in [1.165, 1.54) is 48.1 Å². The molecule has 1 unspecified atom stereocenters. The summed E-state index contributed by atoms with van der Waals surface area (Å²) in [5.41, 5.74) is 12.4. The number of ether oxygens (including phenoxy) is 1. The van der Waals surface area contributed by atoms with E-state index in [0.29, 0.717) is 11.3 Å². The second-order valence-electron chi connectivity index (χ2n) is 14.1. The first-order valence-electron chi connectivity index (χ1n) is 17.8. The van der Waals surface area contributed by atoms with Crippen LogP contribution in [0, 0.1) is 13.8 Å². The Morgan fingerprint density at radius 1 is 0.789 bits per heavy atom. The highest BCUT2D eigenvalue weighted by atomic mass is 32.2. The number of allylic oxidation sites excluding steroid dienone is 3. The molecule has 0 radical (unpaired) electrons. The van der Waals surface area contributed by atoms with Crippen molar-refractivity contribution < 1.29 is 27.9 Å². The molecule has 2 aliphatic rings. The highest BCUT2D eigenvalue weighted by Gasteiger charge is 2.37. The number of hydrogen-bond donors (Lipinski definition) is 3. The average Bonchev–Trinajstić information content (AvgIpc) is 3.76. The largest absolute Gasteiger partial charge is 0.507 e. The van der Waals surface area contributed by atoms with Crippen molar-refractivity contribution in [2.75, 3.05) is 10.5 Å². The van der Waals surface area contributed by atoms with Gasteiger partial charge in [-0.25, -0.2) is 18.4 Å². The number of carbonyl (C=O) groups is 2. The van der Waals surface area contributed by atoms with Crippen LogP contribution in [-0.2, 0) is 10.0 Å². The maximum absolute atomic E-state index is 14.0. The third-order valence-corrected chi connectivity index (χ3v) is 14.2. The van der Waals surface area contributed by atoms with Crippen molar-refractivity contribution in [1.82, 2.24) is 9.97 Å². The molecule has 4 N–H and O–H groups in total. The summed E-state index contributed by atoms with van der Waals surface area (Å²) in [6, 6.07) is 25.4. The fourth-order valence-corrected chi connectivity index (χ4v) is 10.2. The Morgan fingerprint density at radius 2 is 1.42 bits per heavy atom. The number of aromatic hydroxyl groups is 1. The van der Waals surface area contributed by atoms with Gasteiger partial charge in [0.15, 0.2) is 17.3 Å². The summed E-state index contributed by atoms with van der Waals surface area (Å²) in [5, 5.41) is 12.6. The average molecular weight is 809 g/mol. The summed E-state index contributed by atoms with van der Waals surface area (Å²) in [5.74, 6) is -1.37. The van der Waals surface area contributed by atoms with Gasteiger partial charge in [-0.1, -0.05) is 48.6 Å². The molecule has 5 aromatic carbocycles. The zero-order chi connectivity index (χ0) is 39.8. The Morgan fingerprint density at radius 3 is 2.12 bits per heavy atom. The van der Waals surface area contributed by atoms with Gasteiger partial charge in [-0.3, -0.25) is 14.3 Å². The lowest BCUT2D eigenvalue weighted by molar-refractivity contribution is 0.0977. The standard InChI is InChI=1S/C44H32N4O6S3/c1-23-10-13-31-35(19-23)55-43(46-31)26-12-15-32-36(21-26)56-42(47-32)25-11-14-30(24(2)20-25)48-57(52,53)44(3)17-6-7-27(16-18-44)54-34-22-33(49)37-38(39(34)45)41(51)29-9-5-4-8-28(29)40(37)50/h4-22,48-49H,45H2,1-3H3. The molecule has 0 saturated heterocycles. The highest BCUT2D eigenvalue weighted by molar-refractivity contribution is 7.94. The van der Waals surface area contributed by atoms with Crippen LogP contribution in [0.15, 0.2) is 121 Å². The van der Waals surface area contributed by atoms with Crippen LogP contribution in [0.2, 0.25) is 0 Å². The van der Waals surface area contributed by atoms with Gasteiger partial charge in [0.05, 0.1) is 42.9 Å². The summed E-state index contributed by atoms with van der Waals surface area (Å²) < 4.78 is 37.3. The molecule has 0 amide bonds. The Hall–Kier alpha value is -6.41. The Bertz CT molecular complexity index is 3100. The maximum Gasteiger partial charge on any atom is 0.245 e. The summed E-state index contributed by atoms with van der Waals surface area (Å²) in [7, 11) is -4.07. The van der Waals surface area contributed by atoms with E-state index >= 15 is 0 Å². The fraction of sp³-hybridized carbons (Fsp3) is 0.0909. The maximum atomic E-state index is 14.0. The van der Waals surface area contributed by atoms with E-state index in [1.54, 1.807) is 53.9 Å². The molecule has 2 aliphatic carbocycles. The normalized spacial score (nSPS) is 16.4. The van der Waals surface area contributed by atoms with Gasteiger partial charge >= 0.3 is 0 Å². The minimum absolute atomic E-state index is 0.0618. The monoisotopic (exact) mass is 808 g/mol. The summed E-state index contributed by atoms with van der Waals surface area (Å²) in [6.07, 6.45) is 7.54.